The van der Waals surface area contributed by atoms with Crippen LogP contribution in [0, 0.1) is 12.8 Å². The number of rotatable bonds is 4. The van der Waals surface area contributed by atoms with E-state index >= 15 is 0 Å². The van der Waals surface area contributed by atoms with Gasteiger partial charge in [-0.3, -0.25) is 14.3 Å². The van der Waals surface area contributed by atoms with Crippen molar-refractivity contribution in [2.45, 2.75) is 26.2 Å². The van der Waals surface area contributed by atoms with Crippen LogP contribution in [0.1, 0.15) is 25.0 Å². The van der Waals surface area contributed by atoms with E-state index in [9.17, 15) is 9.59 Å². The Hall–Kier alpha value is -2.41. The number of pyridine rings is 1. The molecular weight excluding hydrogens is 308 g/mol. The van der Waals surface area contributed by atoms with Crippen molar-refractivity contribution in [3.8, 4) is 5.69 Å². The number of nitrogens with zero attached hydrogens (tertiary/aromatic N) is 3. The molecule has 2 N–H and O–H groups in total. The van der Waals surface area contributed by atoms with Gasteiger partial charge in [-0.1, -0.05) is 0 Å². The molecule has 3 heterocycles. The van der Waals surface area contributed by atoms with Crippen molar-refractivity contribution in [3.05, 3.63) is 50.9 Å². The summed E-state index contributed by atoms with van der Waals surface area (Å²) in [7, 11) is 0. The number of H-pyrrole nitrogens is 1. The van der Waals surface area contributed by atoms with Crippen LogP contribution in [-0.4, -0.2) is 39.3 Å². The van der Waals surface area contributed by atoms with E-state index in [1.807, 2.05) is 19.1 Å². The molecule has 1 aliphatic heterocycles. The zero-order valence-corrected chi connectivity index (χ0v) is 13.7. The first kappa shape index (κ1) is 16.4. The van der Waals surface area contributed by atoms with Gasteiger partial charge in [0, 0.05) is 32.0 Å². The molecule has 0 amide bonds. The molecule has 2 aromatic heterocycles. The van der Waals surface area contributed by atoms with E-state index in [2.05, 4.69) is 14.9 Å². The lowest BCUT2D eigenvalue weighted by Gasteiger charge is -2.32. The number of hydrogen-bond acceptors (Lipinski definition) is 5. The average Bonchev–Trinajstić information content (AvgIpc) is 2.56. The first-order chi connectivity index (χ1) is 11.6. The summed E-state index contributed by atoms with van der Waals surface area (Å²) in [5, 5.41) is 9.04. The number of piperidine rings is 1. The van der Waals surface area contributed by atoms with Crippen LogP contribution in [0.25, 0.3) is 5.69 Å². The number of anilines is 1. The van der Waals surface area contributed by atoms with Crippen molar-refractivity contribution < 1.29 is 5.11 Å². The van der Waals surface area contributed by atoms with Crippen LogP contribution in [0.4, 0.5) is 5.82 Å². The normalized spacial score (nSPS) is 15.7. The summed E-state index contributed by atoms with van der Waals surface area (Å²) >= 11 is 0. The zero-order valence-electron chi connectivity index (χ0n) is 13.7. The highest BCUT2D eigenvalue weighted by Crippen LogP contribution is 2.25. The number of aliphatic hydroxyl groups is 1. The monoisotopic (exact) mass is 330 g/mol. The molecule has 128 valence electrons. The zero-order chi connectivity index (χ0) is 17.1. The van der Waals surface area contributed by atoms with E-state index in [4.69, 9.17) is 5.11 Å². The van der Waals surface area contributed by atoms with Gasteiger partial charge in [0.05, 0.1) is 11.4 Å². The Bertz CT molecular complexity index is 819. The van der Waals surface area contributed by atoms with Gasteiger partial charge in [0.25, 0.3) is 5.56 Å². The van der Waals surface area contributed by atoms with Crippen LogP contribution in [0.5, 0.6) is 0 Å². The van der Waals surface area contributed by atoms with Gasteiger partial charge in [0.15, 0.2) is 0 Å². The molecular formula is C17H22N4O3. The molecule has 0 spiro atoms. The van der Waals surface area contributed by atoms with Crippen molar-refractivity contribution in [3.63, 3.8) is 0 Å². The fraction of sp³-hybridized carbons (Fsp3) is 0.471. The van der Waals surface area contributed by atoms with Gasteiger partial charge in [-0.05, 0) is 44.2 Å². The predicted molar refractivity (Wildman–Crippen MR) is 91.8 cm³/mol. The summed E-state index contributed by atoms with van der Waals surface area (Å²) in [6.07, 6.45) is 4.45. The van der Waals surface area contributed by atoms with Gasteiger partial charge in [0.1, 0.15) is 5.82 Å². The standard InChI is InChI=1S/C17H22N4O3/c1-12-14(21-10-6-16(23)19-17(21)24)2-3-15(18-12)20-8-4-13(5-9-20)7-11-22/h2-3,6,10,13,22H,4-5,7-9,11H2,1H3,(H,19,23,24). The summed E-state index contributed by atoms with van der Waals surface area (Å²) in [5.74, 6) is 1.49. The minimum Gasteiger partial charge on any atom is -0.396 e. The molecule has 0 aliphatic carbocycles. The third kappa shape index (κ3) is 3.41. The van der Waals surface area contributed by atoms with Crippen molar-refractivity contribution in [1.82, 2.24) is 14.5 Å². The molecule has 1 saturated heterocycles. The molecule has 0 saturated carbocycles. The number of nitrogens with one attached hydrogen (secondary N) is 1. The summed E-state index contributed by atoms with van der Waals surface area (Å²) in [5.41, 5.74) is 0.517. The Morgan fingerprint density at radius 3 is 2.62 bits per heavy atom. The van der Waals surface area contributed by atoms with E-state index < -0.39 is 11.2 Å². The largest absolute Gasteiger partial charge is 0.396 e. The molecule has 7 heteroatoms. The molecule has 0 atom stereocenters. The summed E-state index contributed by atoms with van der Waals surface area (Å²) in [6, 6.07) is 5.09. The van der Waals surface area contributed by atoms with E-state index in [-0.39, 0.29) is 6.61 Å². The Morgan fingerprint density at radius 1 is 1.25 bits per heavy atom. The highest BCUT2D eigenvalue weighted by atomic mass is 16.3. The van der Waals surface area contributed by atoms with Crippen LogP contribution in [0.15, 0.2) is 34.0 Å². The average molecular weight is 330 g/mol. The van der Waals surface area contributed by atoms with Crippen LogP contribution in [-0.2, 0) is 0 Å². The number of aromatic nitrogens is 3. The summed E-state index contributed by atoms with van der Waals surface area (Å²) < 4.78 is 1.39. The fourth-order valence-electron chi connectivity index (χ4n) is 3.21. The molecule has 1 aliphatic rings. The molecule has 0 bridgehead atoms. The van der Waals surface area contributed by atoms with Crippen molar-refractivity contribution in [1.29, 1.82) is 0 Å². The minimum absolute atomic E-state index is 0.255. The second kappa shape index (κ2) is 7.00. The maximum Gasteiger partial charge on any atom is 0.332 e. The van der Waals surface area contributed by atoms with Crippen molar-refractivity contribution in [2.24, 2.45) is 5.92 Å². The smallest absolute Gasteiger partial charge is 0.332 e. The Kier molecular flexibility index (Phi) is 4.80. The topological polar surface area (TPSA) is 91.2 Å². The molecule has 2 aromatic rings. The van der Waals surface area contributed by atoms with Gasteiger partial charge >= 0.3 is 5.69 Å². The fourth-order valence-corrected chi connectivity index (χ4v) is 3.21. The van der Waals surface area contributed by atoms with Gasteiger partial charge in [-0.25, -0.2) is 9.78 Å². The summed E-state index contributed by atoms with van der Waals surface area (Å²) in [6.45, 7) is 3.96. The van der Waals surface area contributed by atoms with Gasteiger partial charge in [0.2, 0.25) is 0 Å². The number of aliphatic hydroxyl groups excluding tert-OH is 1. The van der Waals surface area contributed by atoms with Gasteiger partial charge < -0.3 is 10.0 Å². The minimum atomic E-state index is -0.468. The third-order valence-corrected chi connectivity index (χ3v) is 4.60. The Labute approximate surface area is 139 Å². The van der Waals surface area contributed by atoms with Crippen LogP contribution < -0.4 is 16.1 Å². The maximum atomic E-state index is 11.9. The lowest BCUT2D eigenvalue weighted by Crippen LogP contribution is -2.34. The quantitative estimate of drug-likeness (QED) is 0.866. The molecule has 3 rings (SSSR count). The van der Waals surface area contributed by atoms with Crippen molar-refractivity contribution in [2.75, 3.05) is 24.6 Å². The SMILES string of the molecule is Cc1nc(N2CCC(CCO)CC2)ccc1-n1ccc(=O)[nH]c1=O. The van der Waals surface area contributed by atoms with E-state index in [1.54, 1.807) is 0 Å². The second-order valence-electron chi connectivity index (χ2n) is 6.20. The van der Waals surface area contributed by atoms with Gasteiger partial charge in [-0.2, -0.15) is 0 Å². The lowest BCUT2D eigenvalue weighted by molar-refractivity contribution is 0.240. The molecule has 1 fully saturated rings. The van der Waals surface area contributed by atoms with Crippen LogP contribution in [0.2, 0.25) is 0 Å². The van der Waals surface area contributed by atoms with Gasteiger partial charge in [-0.15, -0.1) is 0 Å². The van der Waals surface area contributed by atoms with Crippen LogP contribution >= 0.6 is 0 Å². The molecule has 24 heavy (non-hydrogen) atoms. The lowest BCUT2D eigenvalue weighted by atomic mass is 9.94. The van der Waals surface area contributed by atoms with Crippen LogP contribution in [0.3, 0.4) is 0 Å². The highest BCUT2D eigenvalue weighted by molar-refractivity contribution is 5.47. The Morgan fingerprint density at radius 2 is 2.00 bits per heavy atom. The molecule has 0 unspecified atom stereocenters. The first-order valence-electron chi connectivity index (χ1n) is 8.24. The van der Waals surface area contributed by atoms with E-state index in [1.165, 1.54) is 16.8 Å². The highest BCUT2D eigenvalue weighted by Gasteiger charge is 2.20. The first-order valence-corrected chi connectivity index (χ1v) is 8.24. The third-order valence-electron chi connectivity index (χ3n) is 4.60. The molecule has 0 radical (unpaired) electrons. The van der Waals surface area contributed by atoms with E-state index in [0.717, 1.165) is 43.9 Å². The van der Waals surface area contributed by atoms with Crippen molar-refractivity contribution >= 4 is 5.82 Å². The second-order valence-corrected chi connectivity index (χ2v) is 6.20. The number of aromatic amines is 1. The summed E-state index contributed by atoms with van der Waals surface area (Å²) in [4.78, 5) is 32.2. The maximum absolute atomic E-state index is 11.9. The molecule has 0 aromatic carbocycles. The Balaban J connectivity index is 1.80. The number of aryl methyl sites for hydroxylation is 1. The number of hydrogen-bond donors (Lipinski definition) is 2. The predicted octanol–water partition coefficient (Wildman–Crippen LogP) is 0.828. The van der Waals surface area contributed by atoms with E-state index in [0.29, 0.717) is 11.6 Å². The molecule has 7 nitrogen and oxygen atoms in total.